The number of nitrogen functional groups attached to an aromatic ring is 1. The van der Waals surface area contributed by atoms with Crippen LogP contribution in [0.15, 0.2) is 53.0 Å². The third-order valence-corrected chi connectivity index (χ3v) is 2.89. The highest BCUT2D eigenvalue weighted by atomic mass is 79.9. The van der Waals surface area contributed by atoms with E-state index >= 15 is 0 Å². The van der Waals surface area contributed by atoms with Gasteiger partial charge in [0, 0.05) is 15.8 Å². The number of amides is 1. The van der Waals surface area contributed by atoms with Crippen LogP contribution in [0, 0.1) is 0 Å². The Kier molecular flexibility index (Phi) is 4.41. The zero-order valence-corrected chi connectivity index (χ0v) is 11.7. The van der Waals surface area contributed by atoms with Gasteiger partial charge in [0.25, 0.3) is 0 Å². The number of carbonyl (C=O) groups excluding carboxylic acids is 1. The van der Waals surface area contributed by atoms with Crippen LogP contribution in [0.1, 0.15) is 5.56 Å². The van der Waals surface area contributed by atoms with E-state index in [9.17, 15) is 4.79 Å². The monoisotopic (exact) mass is 320 g/mol. The third-order valence-electron chi connectivity index (χ3n) is 2.39. The van der Waals surface area contributed by atoms with Crippen LogP contribution in [0.5, 0.6) is 0 Å². The quantitative estimate of drug-likeness (QED) is 0.846. The molecule has 0 saturated heterocycles. The minimum Gasteiger partial charge on any atom is -0.444 e. The number of nitrogens with two attached hydrogens (primary N) is 1. The number of rotatable bonds is 3. The van der Waals surface area contributed by atoms with Crippen molar-refractivity contribution < 1.29 is 9.53 Å². The van der Waals surface area contributed by atoms with Gasteiger partial charge >= 0.3 is 6.09 Å². The summed E-state index contributed by atoms with van der Waals surface area (Å²) in [4.78, 5) is 11.6. The number of benzene rings is 2. The molecule has 0 aliphatic rings. The van der Waals surface area contributed by atoms with Crippen molar-refractivity contribution >= 4 is 33.4 Å². The van der Waals surface area contributed by atoms with Crippen molar-refractivity contribution in [1.29, 1.82) is 0 Å². The highest BCUT2D eigenvalue weighted by Gasteiger charge is 2.04. The Bertz CT molecular complexity index is 587. The molecule has 0 aliphatic carbocycles. The van der Waals surface area contributed by atoms with Gasteiger partial charge in [0.2, 0.25) is 0 Å². The van der Waals surface area contributed by atoms with Gasteiger partial charge in [-0.2, -0.15) is 0 Å². The Morgan fingerprint density at radius 2 is 2.00 bits per heavy atom. The molecule has 19 heavy (non-hydrogen) atoms. The molecule has 0 saturated carbocycles. The van der Waals surface area contributed by atoms with Crippen molar-refractivity contribution in [3.63, 3.8) is 0 Å². The van der Waals surface area contributed by atoms with Gasteiger partial charge < -0.3 is 10.5 Å². The number of hydrogen-bond donors (Lipinski definition) is 2. The van der Waals surface area contributed by atoms with Crippen molar-refractivity contribution in [2.45, 2.75) is 6.61 Å². The zero-order chi connectivity index (χ0) is 13.7. The van der Waals surface area contributed by atoms with Gasteiger partial charge in [0.1, 0.15) is 6.61 Å². The molecule has 0 heterocycles. The predicted octanol–water partition coefficient (Wildman–Crippen LogP) is 3.78. The van der Waals surface area contributed by atoms with E-state index in [1.807, 2.05) is 24.3 Å². The van der Waals surface area contributed by atoms with Gasteiger partial charge in [-0.3, -0.25) is 5.32 Å². The summed E-state index contributed by atoms with van der Waals surface area (Å²) in [7, 11) is 0. The highest BCUT2D eigenvalue weighted by Crippen LogP contribution is 2.14. The number of hydrogen-bond acceptors (Lipinski definition) is 3. The van der Waals surface area contributed by atoms with E-state index in [4.69, 9.17) is 10.5 Å². The maximum Gasteiger partial charge on any atom is 0.411 e. The van der Waals surface area contributed by atoms with Crippen LogP contribution in [0.3, 0.4) is 0 Å². The molecular formula is C14H13BrN2O2. The molecule has 0 unspecified atom stereocenters. The molecule has 2 aromatic rings. The number of anilines is 2. The van der Waals surface area contributed by atoms with Gasteiger partial charge in [-0.25, -0.2) is 4.79 Å². The van der Waals surface area contributed by atoms with Crippen LogP contribution in [-0.2, 0) is 11.3 Å². The Balaban J connectivity index is 1.88. The summed E-state index contributed by atoms with van der Waals surface area (Å²) in [5, 5.41) is 2.61. The fourth-order valence-corrected chi connectivity index (χ4v) is 1.99. The van der Waals surface area contributed by atoms with E-state index in [-0.39, 0.29) is 6.61 Å². The molecule has 0 atom stereocenters. The summed E-state index contributed by atoms with van der Waals surface area (Å²) in [5.74, 6) is 0. The van der Waals surface area contributed by atoms with Crippen LogP contribution in [-0.4, -0.2) is 6.09 Å². The van der Waals surface area contributed by atoms with E-state index in [1.165, 1.54) is 0 Å². The Morgan fingerprint density at radius 1 is 1.21 bits per heavy atom. The molecule has 0 radical (unpaired) electrons. The first-order chi connectivity index (χ1) is 9.13. The fraction of sp³-hybridized carbons (Fsp3) is 0.0714. The van der Waals surface area contributed by atoms with E-state index in [1.54, 1.807) is 24.3 Å². The smallest absolute Gasteiger partial charge is 0.411 e. The van der Waals surface area contributed by atoms with Gasteiger partial charge in [-0.05, 0) is 35.9 Å². The normalized spacial score (nSPS) is 9.95. The van der Waals surface area contributed by atoms with Crippen molar-refractivity contribution in [3.8, 4) is 0 Å². The molecule has 0 fully saturated rings. The van der Waals surface area contributed by atoms with Gasteiger partial charge in [0.05, 0.1) is 0 Å². The van der Waals surface area contributed by atoms with E-state index in [2.05, 4.69) is 21.2 Å². The van der Waals surface area contributed by atoms with Crippen LogP contribution < -0.4 is 11.1 Å². The van der Waals surface area contributed by atoms with Crippen molar-refractivity contribution in [2.75, 3.05) is 11.1 Å². The lowest BCUT2D eigenvalue weighted by Crippen LogP contribution is -2.13. The summed E-state index contributed by atoms with van der Waals surface area (Å²) >= 11 is 3.36. The molecule has 2 aromatic carbocycles. The molecule has 5 heteroatoms. The summed E-state index contributed by atoms with van der Waals surface area (Å²) in [6.45, 7) is 0.216. The molecule has 3 N–H and O–H groups in total. The van der Waals surface area contributed by atoms with Crippen LogP contribution >= 0.6 is 15.9 Å². The molecule has 2 rings (SSSR count). The maximum absolute atomic E-state index is 11.6. The van der Waals surface area contributed by atoms with Gasteiger partial charge in [-0.15, -0.1) is 0 Å². The minimum absolute atomic E-state index is 0.216. The largest absolute Gasteiger partial charge is 0.444 e. The third kappa shape index (κ3) is 4.30. The van der Waals surface area contributed by atoms with Crippen molar-refractivity contribution in [2.24, 2.45) is 0 Å². The number of halogens is 1. The second-order valence-corrected chi connectivity index (χ2v) is 4.87. The highest BCUT2D eigenvalue weighted by molar-refractivity contribution is 9.10. The van der Waals surface area contributed by atoms with Crippen LogP contribution in [0.4, 0.5) is 16.2 Å². The number of ether oxygens (including phenoxy) is 1. The molecule has 0 bridgehead atoms. The van der Waals surface area contributed by atoms with Crippen LogP contribution in [0.25, 0.3) is 0 Å². The first-order valence-electron chi connectivity index (χ1n) is 5.67. The first kappa shape index (κ1) is 13.4. The summed E-state index contributed by atoms with van der Waals surface area (Å²) in [5.41, 5.74) is 7.73. The van der Waals surface area contributed by atoms with Gasteiger partial charge in [-0.1, -0.05) is 34.1 Å². The maximum atomic E-state index is 11.6. The van der Waals surface area contributed by atoms with Crippen molar-refractivity contribution in [3.05, 3.63) is 58.6 Å². The molecule has 1 amide bonds. The lowest BCUT2D eigenvalue weighted by atomic mass is 10.2. The standard InChI is InChI=1S/C14H13BrN2O2/c15-11-4-1-3-10(7-11)9-19-14(18)17-13-6-2-5-12(16)8-13/h1-8H,9,16H2,(H,17,18). The topological polar surface area (TPSA) is 64.3 Å². The van der Waals surface area contributed by atoms with E-state index < -0.39 is 6.09 Å². The van der Waals surface area contributed by atoms with E-state index in [0.29, 0.717) is 11.4 Å². The second-order valence-electron chi connectivity index (χ2n) is 3.96. The second kappa shape index (κ2) is 6.24. The Hall–Kier alpha value is -2.01. The zero-order valence-electron chi connectivity index (χ0n) is 10.1. The molecule has 0 aromatic heterocycles. The minimum atomic E-state index is -0.509. The SMILES string of the molecule is Nc1cccc(NC(=O)OCc2cccc(Br)c2)c1. The molecule has 4 nitrogen and oxygen atoms in total. The number of carbonyl (C=O) groups is 1. The fourth-order valence-electron chi connectivity index (χ4n) is 1.55. The Labute approximate surface area is 119 Å². The van der Waals surface area contributed by atoms with Crippen molar-refractivity contribution in [1.82, 2.24) is 0 Å². The summed E-state index contributed by atoms with van der Waals surface area (Å²) in [6, 6.07) is 14.5. The Morgan fingerprint density at radius 3 is 2.74 bits per heavy atom. The summed E-state index contributed by atoms with van der Waals surface area (Å²) in [6.07, 6.45) is -0.509. The predicted molar refractivity (Wildman–Crippen MR) is 78.8 cm³/mol. The first-order valence-corrected chi connectivity index (χ1v) is 6.46. The lowest BCUT2D eigenvalue weighted by Gasteiger charge is -2.07. The van der Waals surface area contributed by atoms with Crippen LogP contribution in [0.2, 0.25) is 0 Å². The number of nitrogens with one attached hydrogen (secondary N) is 1. The average molecular weight is 321 g/mol. The lowest BCUT2D eigenvalue weighted by molar-refractivity contribution is 0.155. The van der Waals surface area contributed by atoms with Gasteiger partial charge in [0.15, 0.2) is 0 Å². The van der Waals surface area contributed by atoms with E-state index in [0.717, 1.165) is 10.0 Å². The molecule has 98 valence electrons. The molecule has 0 spiro atoms. The average Bonchev–Trinajstić information content (AvgIpc) is 2.36. The summed E-state index contributed by atoms with van der Waals surface area (Å²) < 4.78 is 6.06. The molecule has 0 aliphatic heterocycles. The molecular weight excluding hydrogens is 308 g/mol.